The summed E-state index contributed by atoms with van der Waals surface area (Å²) in [6.45, 7) is 0. The summed E-state index contributed by atoms with van der Waals surface area (Å²) in [5.41, 5.74) is 2.66. The number of carbonyl (C=O) groups excluding carboxylic acids is 1. The monoisotopic (exact) mass is 342 g/mol. The maximum Gasteiger partial charge on any atom is 0.314 e. The lowest BCUT2D eigenvalue weighted by Crippen LogP contribution is -2.23. The minimum atomic E-state index is -0.0981. The van der Waals surface area contributed by atoms with Crippen molar-refractivity contribution in [1.29, 1.82) is 0 Å². The second kappa shape index (κ2) is 7.57. The Morgan fingerprint density at radius 3 is 2.31 bits per heavy atom. The predicted molar refractivity (Wildman–Crippen MR) is 106 cm³/mol. The summed E-state index contributed by atoms with van der Waals surface area (Å²) in [5.74, 6) is 0.535. The van der Waals surface area contributed by atoms with Gasteiger partial charge in [0.2, 0.25) is 0 Å². The van der Waals surface area contributed by atoms with Crippen LogP contribution in [0.5, 0.6) is 5.75 Å². The van der Waals surface area contributed by atoms with Crippen molar-refractivity contribution < 1.29 is 9.53 Å². The van der Waals surface area contributed by atoms with Crippen LogP contribution in [0.3, 0.4) is 0 Å². The number of allylic oxidation sites excluding steroid dienone is 1. The van der Waals surface area contributed by atoms with E-state index in [-0.39, 0.29) is 11.9 Å². The summed E-state index contributed by atoms with van der Waals surface area (Å²) in [6, 6.07) is 24.3. The predicted octanol–water partition coefficient (Wildman–Crippen LogP) is 6.02. The fraction of sp³-hybridized carbons (Fsp3) is 0.208. The third-order valence-corrected chi connectivity index (χ3v) is 5.07. The Labute approximate surface area is 154 Å². The van der Waals surface area contributed by atoms with Crippen molar-refractivity contribution in [2.45, 2.75) is 25.7 Å². The van der Waals surface area contributed by atoms with Crippen molar-refractivity contribution in [3.63, 3.8) is 0 Å². The van der Waals surface area contributed by atoms with Crippen LogP contribution in [0.15, 0.2) is 78.4 Å². The van der Waals surface area contributed by atoms with Gasteiger partial charge in [-0.2, -0.15) is 0 Å². The van der Waals surface area contributed by atoms with Gasteiger partial charge in [-0.3, -0.25) is 4.79 Å². The van der Waals surface area contributed by atoms with E-state index >= 15 is 0 Å². The van der Waals surface area contributed by atoms with Crippen molar-refractivity contribution in [2.24, 2.45) is 5.92 Å². The molecular formula is C24H22O2. The summed E-state index contributed by atoms with van der Waals surface area (Å²) in [6.07, 6.45) is 5.92. The fourth-order valence-electron chi connectivity index (χ4n) is 3.58. The highest BCUT2D eigenvalue weighted by Crippen LogP contribution is 2.31. The smallest absolute Gasteiger partial charge is 0.314 e. The van der Waals surface area contributed by atoms with Gasteiger partial charge in [0.25, 0.3) is 0 Å². The number of benzene rings is 3. The number of fused-ring (bicyclic) bond motifs is 1. The van der Waals surface area contributed by atoms with Gasteiger partial charge in [0.05, 0.1) is 5.92 Å². The molecule has 3 aromatic rings. The van der Waals surface area contributed by atoms with E-state index in [0.717, 1.165) is 36.5 Å². The molecular weight excluding hydrogens is 320 g/mol. The summed E-state index contributed by atoms with van der Waals surface area (Å²) >= 11 is 0. The molecule has 0 amide bonds. The second-order valence-corrected chi connectivity index (χ2v) is 6.92. The van der Waals surface area contributed by atoms with E-state index < -0.39 is 0 Å². The van der Waals surface area contributed by atoms with Crippen LogP contribution in [0.25, 0.3) is 16.8 Å². The molecule has 130 valence electrons. The average Bonchev–Trinajstić information content (AvgIpc) is 2.69. The van der Waals surface area contributed by atoms with Crippen molar-refractivity contribution >= 4 is 22.8 Å². The topological polar surface area (TPSA) is 26.3 Å². The molecule has 2 heteroatoms. The Kier molecular flexibility index (Phi) is 4.83. The van der Waals surface area contributed by atoms with E-state index in [4.69, 9.17) is 4.74 Å². The molecule has 2 nitrogen and oxygen atoms in total. The quantitative estimate of drug-likeness (QED) is 0.430. The molecule has 0 aromatic heterocycles. The van der Waals surface area contributed by atoms with Crippen LogP contribution in [0.1, 0.15) is 31.2 Å². The van der Waals surface area contributed by atoms with Crippen LogP contribution in [0, 0.1) is 5.92 Å². The Morgan fingerprint density at radius 1 is 0.846 bits per heavy atom. The van der Waals surface area contributed by atoms with Crippen LogP contribution in [-0.4, -0.2) is 5.97 Å². The van der Waals surface area contributed by atoms with Crippen LogP contribution >= 0.6 is 0 Å². The SMILES string of the molecule is O=C(Oc1ccc2ccccc2c1)C1CCC(=Cc2ccccc2)CC1. The molecule has 3 aromatic carbocycles. The summed E-state index contributed by atoms with van der Waals surface area (Å²) in [7, 11) is 0. The molecule has 0 aliphatic heterocycles. The third kappa shape index (κ3) is 3.85. The largest absolute Gasteiger partial charge is 0.426 e. The zero-order valence-electron chi connectivity index (χ0n) is 14.7. The summed E-state index contributed by atoms with van der Waals surface area (Å²) in [5, 5.41) is 2.25. The molecule has 26 heavy (non-hydrogen) atoms. The highest BCUT2D eigenvalue weighted by molar-refractivity contribution is 5.85. The van der Waals surface area contributed by atoms with Gasteiger partial charge in [-0.15, -0.1) is 0 Å². The highest BCUT2D eigenvalue weighted by atomic mass is 16.5. The first-order valence-electron chi connectivity index (χ1n) is 9.23. The van der Waals surface area contributed by atoms with Gasteiger partial charge < -0.3 is 4.74 Å². The van der Waals surface area contributed by atoms with Crippen LogP contribution < -0.4 is 4.74 Å². The average molecular weight is 342 g/mol. The van der Waals surface area contributed by atoms with Crippen LogP contribution in [-0.2, 0) is 4.79 Å². The van der Waals surface area contributed by atoms with Gasteiger partial charge in [0.1, 0.15) is 5.75 Å². The minimum Gasteiger partial charge on any atom is -0.426 e. The van der Waals surface area contributed by atoms with Gasteiger partial charge in [0, 0.05) is 0 Å². The standard InChI is InChI=1S/C24H22O2/c25-24(26-23-15-14-20-8-4-5-9-22(20)17-23)21-12-10-19(11-13-21)16-18-6-2-1-3-7-18/h1-9,14-17,21H,10-13H2. The Morgan fingerprint density at radius 2 is 1.54 bits per heavy atom. The molecule has 0 atom stereocenters. The first kappa shape index (κ1) is 16.6. The molecule has 0 bridgehead atoms. The zero-order chi connectivity index (χ0) is 17.8. The van der Waals surface area contributed by atoms with E-state index in [2.05, 4.69) is 36.4 Å². The third-order valence-electron chi connectivity index (χ3n) is 5.07. The van der Waals surface area contributed by atoms with Crippen molar-refractivity contribution in [3.05, 3.63) is 83.9 Å². The fourth-order valence-corrected chi connectivity index (χ4v) is 3.58. The number of hydrogen-bond donors (Lipinski definition) is 0. The Hall–Kier alpha value is -2.87. The van der Waals surface area contributed by atoms with E-state index in [1.165, 1.54) is 11.1 Å². The van der Waals surface area contributed by atoms with Gasteiger partial charge in [0.15, 0.2) is 0 Å². The zero-order valence-corrected chi connectivity index (χ0v) is 14.7. The molecule has 0 heterocycles. The number of esters is 1. The van der Waals surface area contributed by atoms with Crippen molar-refractivity contribution in [1.82, 2.24) is 0 Å². The Balaban J connectivity index is 1.38. The molecule has 0 unspecified atom stereocenters. The van der Waals surface area contributed by atoms with Gasteiger partial charge >= 0.3 is 5.97 Å². The number of ether oxygens (including phenoxy) is 1. The maximum absolute atomic E-state index is 12.5. The minimum absolute atomic E-state index is 0.00519. The summed E-state index contributed by atoms with van der Waals surface area (Å²) < 4.78 is 5.66. The normalized spacial score (nSPS) is 17.1. The van der Waals surface area contributed by atoms with E-state index in [1.54, 1.807) is 0 Å². The van der Waals surface area contributed by atoms with Crippen LogP contribution in [0.4, 0.5) is 0 Å². The molecule has 1 aliphatic rings. The van der Waals surface area contributed by atoms with Gasteiger partial charge in [-0.1, -0.05) is 72.3 Å². The molecule has 1 saturated carbocycles. The molecule has 1 fully saturated rings. The van der Waals surface area contributed by atoms with Crippen LogP contribution in [0.2, 0.25) is 0 Å². The van der Waals surface area contributed by atoms with E-state index in [1.807, 2.05) is 42.5 Å². The number of carbonyl (C=O) groups is 1. The van der Waals surface area contributed by atoms with Gasteiger partial charge in [-0.25, -0.2) is 0 Å². The first-order chi connectivity index (χ1) is 12.8. The highest BCUT2D eigenvalue weighted by Gasteiger charge is 2.25. The lowest BCUT2D eigenvalue weighted by atomic mass is 9.85. The lowest BCUT2D eigenvalue weighted by molar-refractivity contribution is -0.139. The molecule has 0 spiro atoms. The van der Waals surface area contributed by atoms with E-state index in [0.29, 0.717) is 5.75 Å². The Bertz CT molecular complexity index is 931. The molecule has 0 N–H and O–H groups in total. The summed E-state index contributed by atoms with van der Waals surface area (Å²) in [4.78, 5) is 12.5. The van der Waals surface area contributed by atoms with Crippen molar-refractivity contribution in [3.8, 4) is 5.75 Å². The first-order valence-corrected chi connectivity index (χ1v) is 9.23. The number of rotatable bonds is 3. The molecule has 0 saturated heterocycles. The molecule has 1 aliphatic carbocycles. The van der Waals surface area contributed by atoms with Crippen molar-refractivity contribution in [2.75, 3.05) is 0 Å². The lowest BCUT2D eigenvalue weighted by Gasteiger charge is -2.22. The van der Waals surface area contributed by atoms with Gasteiger partial charge in [-0.05, 0) is 54.2 Å². The molecule has 0 radical (unpaired) electrons. The second-order valence-electron chi connectivity index (χ2n) is 6.92. The number of hydrogen-bond acceptors (Lipinski definition) is 2. The molecule has 4 rings (SSSR count). The van der Waals surface area contributed by atoms with E-state index in [9.17, 15) is 4.79 Å². The maximum atomic E-state index is 12.5.